The second-order valence-electron chi connectivity index (χ2n) is 3.75. The molecule has 20 heavy (non-hydrogen) atoms. The number of nitrogens with zero attached hydrogens (tertiary/aromatic N) is 1. The molecule has 4 nitrogen and oxygen atoms in total. The third kappa shape index (κ3) is 2.92. The summed E-state index contributed by atoms with van der Waals surface area (Å²) in [4.78, 5) is -0.761. The molecule has 0 aliphatic carbocycles. The summed E-state index contributed by atoms with van der Waals surface area (Å²) in [5.74, 6) is -2.20. The topological polar surface area (TPSA) is 67.2 Å². The summed E-state index contributed by atoms with van der Waals surface area (Å²) in [6.07, 6.45) is 0. The molecule has 2 aromatic rings. The molecule has 2 rings (SSSR count). The Hall–Kier alpha value is -2.46. The van der Waals surface area contributed by atoms with Crippen LogP contribution in [0.2, 0.25) is 0 Å². The van der Waals surface area contributed by atoms with Crippen LogP contribution in [-0.4, -0.2) is 8.42 Å². The Bertz CT molecular complexity index is 780. The smallest absolute Gasteiger partial charge is 0.342 e. The van der Waals surface area contributed by atoms with Gasteiger partial charge in [-0.15, -0.1) is 0 Å². The second-order valence-corrected chi connectivity index (χ2v) is 5.26. The Labute approximate surface area is 114 Å². The summed E-state index contributed by atoms with van der Waals surface area (Å²) in [6, 6.07) is 9.14. The van der Waals surface area contributed by atoms with Crippen LogP contribution in [0.1, 0.15) is 5.56 Å². The lowest BCUT2D eigenvalue weighted by molar-refractivity contribution is 0.474. The molecule has 0 fully saturated rings. The molecule has 0 aromatic heterocycles. The maximum Gasteiger partial charge on any atom is 0.342 e. The van der Waals surface area contributed by atoms with Crippen LogP contribution >= 0.6 is 0 Å². The van der Waals surface area contributed by atoms with Crippen LogP contribution in [0.3, 0.4) is 0 Å². The van der Waals surface area contributed by atoms with Gasteiger partial charge in [-0.1, -0.05) is 0 Å². The highest BCUT2D eigenvalue weighted by Crippen LogP contribution is 2.21. The van der Waals surface area contributed by atoms with Crippen molar-refractivity contribution < 1.29 is 21.4 Å². The lowest BCUT2D eigenvalue weighted by Gasteiger charge is -2.07. The molecule has 102 valence electrons. The van der Waals surface area contributed by atoms with Crippen molar-refractivity contribution in [1.82, 2.24) is 0 Å². The molecule has 0 spiro atoms. The van der Waals surface area contributed by atoms with E-state index in [9.17, 15) is 17.2 Å². The van der Waals surface area contributed by atoms with Crippen molar-refractivity contribution in [3.05, 3.63) is 59.7 Å². The highest BCUT2D eigenvalue weighted by atomic mass is 32.2. The average molecular weight is 295 g/mol. The Morgan fingerprint density at radius 1 is 1.05 bits per heavy atom. The number of hydrogen-bond donors (Lipinski definition) is 0. The fourth-order valence-electron chi connectivity index (χ4n) is 1.43. The fourth-order valence-corrected chi connectivity index (χ4v) is 2.42. The van der Waals surface area contributed by atoms with Crippen LogP contribution < -0.4 is 4.18 Å². The average Bonchev–Trinajstić information content (AvgIpc) is 2.38. The molecule has 0 atom stereocenters. The van der Waals surface area contributed by atoms with Gasteiger partial charge in [0.1, 0.15) is 22.3 Å². The van der Waals surface area contributed by atoms with Gasteiger partial charge in [-0.25, -0.2) is 8.78 Å². The Morgan fingerprint density at radius 3 is 2.25 bits per heavy atom. The summed E-state index contributed by atoms with van der Waals surface area (Å²) in [7, 11) is -4.40. The van der Waals surface area contributed by atoms with Gasteiger partial charge in [0.15, 0.2) is 0 Å². The zero-order valence-corrected chi connectivity index (χ0v) is 10.7. The lowest BCUT2D eigenvalue weighted by Crippen LogP contribution is -2.11. The van der Waals surface area contributed by atoms with Crippen LogP contribution in [-0.2, 0) is 10.1 Å². The summed E-state index contributed by atoms with van der Waals surface area (Å²) in [5, 5.41) is 8.61. The molecule has 0 aliphatic rings. The Morgan fingerprint density at radius 2 is 1.70 bits per heavy atom. The van der Waals surface area contributed by atoms with Crippen LogP contribution in [0.15, 0.2) is 47.4 Å². The first kappa shape index (κ1) is 14.0. The molecule has 2 aromatic carbocycles. The predicted octanol–water partition coefficient (Wildman–Crippen LogP) is 2.60. The highest BCUT2D eigenvalue weighted by Gasteiger charge is 2.21. The minimum Gasteiger partial charge on any atom is -0.379 e. The fraction of sp³-hybridized carbons (Fsp3) is 0. The van der Waals surface area contributed by atoms with Gasteiger partial charge in [0.25, 0.3) is 0 Å². The molecule has 7 heteroatoms. The van der Waals surface area contributed by atoms with Crippen molar-refractivity contribution in [1.29, 1.82) is 5.26 Å². The van der Waals surface area contributed by atoms with E-state index in [-0.39, 0.29) is 5.75 Å². The van der Waals surface area contributed by atoms with Crippen LogP contribution in [0.25, 0.3) is 0 Å². The Kier molecular flexibility index (Phi) is 3.68. The van der Waals surface area contributed by atoms with Gasteiger partial charge >= 0.3 is 10.1 Å². The van der Waals surface area contributed by atoms with E-state index in [0.29, 0.717) is 11.6 Å². The number of nitriles is 1. The molecule has 0 amide bonds. The monoisotopic (exact) mass is 295 g/mol. The molecule has 0 radical (unpaired) electrons. The zero-order chi connectivity index (χ0) is 14.8. The van der Waals surface area contributed by atoms with Gasteiger partial charge in [0, 0.05) is 6.07 Å². The lowest BCUT2D eigenvalue weighted by atomic mass is 10.2. The van der Waals surface area contributed by atoms with E-state index in [4.69, 9.17) is 9.44 Å². The van der Waals surface area contributed by atoms with Crippen molar-refractivity contribution in [2.75, 3.05) is 0 Å². The molecule has 0 bridgehead atoms. The van der Waals surface area contributed by atoms with Crippen LogP contribution in [0, 0.1) is 23.0 Å². The maximum absolute atomic E-state index is 13.4. The molecule has 0 saturated heterocycles. The van der Waals surface area contributed by atoms with E-state index < -0.39 is 26.6 Å². The predicted molar refractivity (Wildman–Crippen MR) is 65.3 cm³/mol. The second kappa shape index (κ2) is 5.27. The van der Waals surface area contributed by atoms with E-state index >= 15 is 0 Å². The van der Waals surface area contributed by atoms with Crippen molar-refractivity contribution >= 4 is 10.1 Å². The number of hydrogen-bond acceptors (Lipinski definition) is 4. The maximum atomic E-state index is 13.4. The van der Waals surface area contributed by atoms with Gasteiger partial charge in [0.2, 0.25) is 0 Å². The first-order chi connectivity index (χ1) is 9.42. The number of halogens is 2. The van der Waals surface area contributed by atoms with Crippen LogP contribution in [0.4, 0.5) is 8.78 Å². The summed E-state index contributed by atoms with van der Waals surface area (Å²) in [5.41, 5.74) is 0.322. The summed E-state index contributed by atoms with van der Waals surface area (Å²) < 4.78 is 54.6. The minimum atomic E-state index is -4.40. The normalized spacial score (nSPS) is 10.8. The first-order valence-electron chi connectivity index (χ1n) is 5.32. The molecule has 0 N–H and O–H groups in total. The quantitative estimate of drug-likeness (QED) is 0.816. The van der Waals surface area contributed by atoms with Crippen molar-refractivity contribution in [2.45, 2.75) is 4.90 Å². The largest absolute Gasteiger partial charge is 0.379 e. The van der Waals surface area contributed by atoms with Crippen molar-refractivity contribution in [2.24, 2.45) is 0 Å². The van der Waals surface area contributed by atoms with E-state index in [2.05, 4.69) is 0 Å². The molecular weight excluding hydrogens is 288 g/mol. The SMILES string of the molecule is N#Cc1ccc(OS(=O)(=O)c2ccc(F)cc2F)cc1. The van der Waals surface area contributed by atoms with Gasteiger partial charge in [0.05, 0.1) is 11.6 Å². The third-order valence-corrected chi connectivity index (χ3v) is 3.63. The molecule has 0 aliphatic heterocycles. The molecule has 0 unspecified atom stereocenters. The molecular formula is C13H7F2NO3S. The minimum absolute atomic E-state index is 0.0762. The Balaban J connectivity index is 2.33. The van der Waals surface area contributed by atoms with E-state index in [0.717, 1.165) is 12.1 Å². The van der Waals surface area contributed by atoms with E-state index in [1.165, 1.54) is 24.3 Å². The number of benzene rings is 2. The standard InChI is InChI=1S/C13H7F2NO3S/c14-10-3-6-13(12(15)7-10)20(17,18)19-11-4-1-9(8-16)2-5-11/h1-7H. The van der Waals surface area contributed by atoms with Gasteiger partial charge in [-0.2, -0.15) is 13.7 Å². The third-order valence-electron chi connectivity index (χ3n) is 2.35. The summed E-state index contributed by atoms with van der Waals surface area (Å²) in [6.45, 7) is 0. The highest BCUT2D eigenvalue weighted by molar-refractivity contribution is 7.87. The van der Waals surface area contributed by atoms with E-state index in [1.54, 1.807) is 0 Å². The van der Waals surface area contributed by atoms with Gasteiger partial charge < -0.3 is 4.18 Å². The van der Waals surface area contributed by atoms with Crippen molar-refractivity contribution in [3.63, 3.8) is 0 Å². The van der Waals surface area contributed by atoms with Gasteiger partial charge in [-0.05, 0) is 36.4 Å². The number of rotatable bonds is 3. The van der Waals surface area contributed by atoms with Crippen LogP contribution in [0.5, 0.6) is 5.75 Å². The first-order valence-corrected chi connectivity index (χ1v) is 6.73. The van der Waals surface area contributed by atoms with E-state index in [1.807, 2.05) is 6.07 Å². The summed E-state index contributed by atoms with van der Waals surface area (Å²) >= 11 is 0. The zero-order valence-electron chi connectivity index (χ0n) is 9.88. The van der Waals surface area contributed by atoms with Gasteiger partial charge in [-0.3, -0.25) is 0 Å². The molecule has 0 heterocycles. The molecule has 0 saturated carbocycles. The van der Waals surface area contributed by atoms with Crippen molar-refractivity contribution in [3.8, 4) is 11.8 Å².